The Hall–Kier alpha value is -0.810. The van der Waals surface area contributed by atoms with Crippen molar-refractivity contribution in [1.29, 1.82) is 0 Å². The third-order valence-corrected chi connectivity index (χ3v) is 4.94. The normalized spacial score (nSPS) is 25.1. The first-order valence-electron chi connectivity index (χ1n) is 9.03. The van der Waals surface area contributed by atoms with Gasteiger partial charge in [0.15, 0.2) is 0 Å². The lowest BCUT2D eigenvalue weighted by Crippen LogP contribution is -2.46. The van der Waals surface area contributed by atoms with E-state index in [1.807, 2.05) is 6.92 Å². The summed E-state index contributed by atoms with van der Waals surface area (Å²) in [7, 11) is 0. The monoisotopic (exact) mass is 311 g/mol. The van der Waals surface area contributed by atoms with Gasteiger partial charge in [0.2, 0.25) is 0 Å². The van der Waals surface area contributed by atoms with Crippen LogP contribution in [0.1, 0.15) is 52.4 Å². The fourth-order valence-electron chi connectivity index (χ4n) is 3.30. The molecule has 2 fully saturated rings. The van der Waals surface area contributed by atoms with E-state index in [2.05, 4.69) is 22.5 Å². The van der Waals surface area contributed by atoms with Crippen molar-refractivity contribution in [3.8, 4) is 0 Å². The maximum atomic E-state index is 11.8. The first-order chi connectivity index (χ1) is 10.6. The Balaban J connectivity index is 1.46. The van der Waals surface area contributed by atoms with Gasteiger partial charge in [-0.05, 0) is 71.0 Å². The summed E-state index contributed by atoms with van der Waals surface area (Å²) in [6, 6.07) is 0.0348. The lowest BCUT2D eigenvalue weighted by Gasteiger charge is -2.30. The molecule has 0 aromatic rings. The average molecular weight is 311 g/mol. The summed E-state index contributed by atoms with van der Waals surface area (Å²) in [4.78, 5) is 14.4. The zero-order valence-electron chi connectivity index (χ0n) is 14.3. The number of likely N-dealkylation sites (tertiary alicyclic amines) is 1. The van der Waals surface area contributed by atoms with Crippen molar-refractivity contribution < 1.29 is 9.53 Å². The lowest BCUT2D eigenvalue weighted by atomic mass is 9.99. The first-order valence-corrected chi connectivity index (χ1v) is 9.03. The molecule has 0 spiro atoms. The van der Waals surface area contributed by atoms with Gasteiger partial charge in [0.1, 0.15) is 0 Å². The number of amides is 2. The van der Waals surface area contributed by atoms with Crippen LogP contribution in [0.3, 0.4) is 0 Å². The van der Waals surface area contributed by atoms with Crippen molar-refractivity contribution in [3.05, 3.63) is 0 Å². The van der Waals surface area contributed by atoms with E-state index >= 15 is 0 Å². The number of nitrogens with one attached hydrogen (secondary N) is 2. The van der Waals surface area contributed by atoms with Gasteiger partial charge in [-0.25, -0.2) is 4.79 Å². The quantitative estimate of drug-likeness (QED) is 0.710. The Morgan fingerprint density at radius 3 is 2.73 bits per heavy atom. The smallest absolute Gasteiger partial charge is 0.315 e. The summed E-state index contributed by atoms with van der Waals surface area (Å²) < 4.78 is 5.59. The molecule has 2 N–H and O–H groups in total. The fourth-order valence-corrected chi connectivity index (χ4v) is 3.30. The second kappa shape index (κ2) is 9.36. The van der Waals surface area contributed by atoms with Gasteiger partial charge in [0.05, 0.1) is 12.1 Å². The third kappa shape index (κ3) is 6.13. The number of nitrogens with zero attached hydrogens (tertiary/aromatic N) is 1. The molecule has 0 saturated carbocycles. The molecule has 2 atom stereocenters. The van der Waals surface area contributed by atoms with Gasteiger partial charge in [-0.3, -0.25) is 0 Å². The molecule has 0 aromatic carbocycles. The SMILES string of the molecule is CC1CCN(CCCCNC(=O)NC(C)C2CCCO2)CC1. The summed E-state index contributed by atoms with van der Waals surface area (Å²) in [5.74, 6) is 0.896. The number of urea groups is 1. The highest BCUT2D eigenvalue weighted by Crippen LogP contribution is 2.16. The molecule has 0 radical (unpaired) electrons. The van der Waals surface area contributed by atoms with Crippen LogP contribution in [0.2, 0.25) is 0 Å². The Labute approximate surface area is 135 Å². The summed E-state index contributed by atoms with van der Waals surface area (Å²) in [5, 5.41) is 5.94. The van der Waals surface area contributed by atoms with Crippen molar-refractivity contribution >= 4 is 6.03 Å². The molecule has 0 bridgehead atoms. The molecular formula is C17H33N3O2. The molecule has 0 aromatic heterocycles. The topological polar surface area (TPSA) is 53.6 Å². The predicted molar refractivity (Wildman–Crippen MR) is 89.0 cm³/mol. The Morgan fingerprint density at radius 1 is 1.27 bits per heavy atom. The summed E-state index contributed by atoms with van der Waals surface area (Å²) in [6.07, 6.45) is 7.23. The number of hydrogen-bond donors (Lipinski definition) is 2. The highest BCUT2D eigenvalue weighted by atomic mass is 16.5. The van der Waals surface area contributed by atoms with Crippen molar-refractivity contribution in [3.63, 3.8) is 0 Å². The van der Waals surface area contributed by atoms with Crippen LogP contribution in [0.5, 0.6) is 0 Å². The van der Waals surface area contributed by atoms with Crippen LogP contribution in [-0.4, -0.2) is 55.9 Å². The van der Waals surface area contributed by atoms with Crippen molar-refractivity contribution in [2.45, 2.75) is 64.5 Å². The summed E-state index contributed by atoms with van der Waals surface area (Å²) in [6.45, 7) is 9.61. The molecule has 2 unspecified atom stereocenters. The van der Waals surface area contributed by atoms with Crippen molar-refractivity contribution in [1.82, 2.24) is 15.5 Å². The molecule has 2 amide bonds. The van der Waals surface area contributed by atoms with E-state index in [1.165, 1.54) is 32.5 Å². The largest absolute Gasteiger partial charge is 0.376 e. The van der Waals surface area contributed by atoms with Crippen molar-refractivity contribution in [2.75, 3.05) is 32.8 Å². The van der Waals surface area contributed by atoms with E-state index in [0.29, 0.717) is 0 Å². The highest BCUT2D eigenvalue weighted by Gasteiger charge is 2.23. The van der Waals surface area contributed by atoms with E-state index < -0.39 is 0 Å². The molecular weight excluding hydrogens is 278 g/mol. The molecule has 128 valence electrons. The number of hydrogen-bond acceptors (Lipinski definition) is 3. The number of ether oxygens (including phenoxy) is 1. The van der Waals surface area contributed by atoms with Gasteiger partial charge in [-0.2, -0.15) is 0 Å². The standard InChI is InChI=1S/C17H33N3O2/c1-14-7-11-20(12-8-14)10-4-3-9-18-17(21)19-15(2)16-6-5-13-22-16/h14-16H,3-13H2,1-2H3,(H2,18,19,21). The van der Waals surface area contributed by atoms with Gasteiger partial charge < -0.3 is 20.3 Å². The summed E-state index contributed by atoms with van der Waals surface area (Å²) >= 11 is 0. The van der Waals surface area contributed by atoms with Crippen LogP contribution < -0.4 is 10.6 Å². The molecule has 2 rings (SSSR count). The van der Waals surface area contributed by atoms with Crippen LogP contribution >= 0.6 is 0 Å². The number of piperidine rings is 1. The second-order valence-corrected chi connectivity index (χ2v) is 6.97. The summed E-state index contributed by atoms with van der Waals surface area (Å²) in [5.41, 5.74) is 0. The predicted octanol–water partition coefficient (Wildman–Crippen LogP) is 2.37. The van der Waals surface area contributed by atoms with Gasteiger partial charge in [-0.1, -0.05) is 6.92 Å². The number of rotatable bonds is 7. The minimum atomic E-state index is -0.0604. The Kier molecular flexibility index (Phi) is 7.46. The number of carbonyl (C=O) groups is 1. The Bertz CT molecular complexity index is 324. The maximum Gasteiger partial charge on any atom is 0.315 e. The lowest BCUT2D eigenvalue weighted by molar-refractivity contribution is 0.0860. The van der Waals surface area contributed by atoms with E-state index in [-0.39, 0.29) is 18.2 Å². The number of unbranched alkanes of at least 4 members (excludes halogenated alkanes) is 1. The van der Waals surface area contributed by atoms with Crippen LogP contribution in [0.25, 0.3) is 0 Å². The molecule has 2 saturated heterocycles. The Morgan fingerprint density at radius 2 is 2.05 bits per heavy atom. The van der Waals surface area contributed by atoms with Crippen LogP contribution in [0, 0.1) is 5.92 Å². The van der Waals surface area contributed by atoms with Gasteiger partial charge >= 0.3 is 6.03 Å². The zero-order chi connectivity index (χ0) is 15.8. The van der Waals surface area contributed by atoms with Gasteiger partial charge in [0.25, 0.3) is 0 Å². The first kappa shape index (κ1) is 17.5. The van der Waals surface area contributed by atoms with Crippen molar-refractivity contribution in [2.24, 2.45) is 5.92 Å². The third-order valence-electron chi connectivity index (χ3n) is 4.94. The second-order valence-electron chi connectivity index (χ2n) is 6.97. The molecule has 2 heterocycles. The molecule has 5 nitrogen and oxygen atoms in total. The highest BCUT2D eigenvalue weighted by molar-refractivity contribution is 5.74. The minimum Gasteiger partial charge on any atom is -0.376 e. The van der Waals surface area contributed by atoms with E-state index in [9.17, 15) is 4.79 Å². The van der Waals surface area contributed by atoms with Crippen LogP contribution in [-0.2, 0) is 4.74 Å². The minimum absolute atomic E-state index is 0.0604. The molecule has 22 heavy (non-hydrogen) atoms. The van der Waals surface area contributed by atoms with E-state index in [0.717, 1.165) is 44.8 Å². The molecule has 0 aliphatic carbocycles. The van der Waals surface area contributed by atoms with E-state index in [1.54, 1.807) is 0 Å². The van der Waals surface area contributed by atoms with Gasteiger partial charge in [0, 0.05) is 13.2 Å². The van der Waals surface area contributed by atoms with E-state index in [4.69, 9.17) is 4.74 Å². The zero-order valence-corrected chi connectivity index (χ0v) is 14.3. The molecule has 2 aliphatic heterocycles. The molecule has 2 aliphatic rings. The number of carbonyl (C=O) groups excluding carboxylic acids is 1. The average Bonchev–Trinajstić information content (AvgIpc) is 3.03. The molecule has 5 heteroatoms. The van der Waals surface area contributed by atoms with Crippen LogP contribution in [0.4, 0.5) is 4.79 Å². The maximum absolute atomic E-state index is 11.8. The fraction of sp³-hybridized carbons (Fsp3) is 0.941. The van der Waals surface area contributed by atoms with Gasteiger partial charge in [-0.15, -0.1) is 0 Å². The van der Waals surface area contributed by atoms with Crippen LogP contribution in [0.15, 0.2) is 0 Å².